The molecule has 1 amide bonds. The molecule has 210 valence electrons. The molecule has 12 heteroatoms. The first-order chi connectivity index (χ1) is 19.6. The number of unbranched alkanes of at least 4 members (excludes halogenated alkanes) is 1. The lowest BCUT2D eigenvalue weighted by atomic mass is 10.2. The average Bonchev–Trinajstić information content (AvgIpc) is 2.97. The monoisotopic (exact) mass is 608 g/mol. The van der Waals surface area contributed by atoms with Crippen molar-refractivity contribution in [1.29, 1.82) is 0 Å². The van der Waals surface area contributed by atoms with Crippen LogP contribution in [0.15, 0.2) is 117 Å². The van der Waals surface area contributed by atoms with Crippen molar-refractivity contribution in [3.8, 4) is 0 Å². The van der Waals surface area contributed by atoms with Gasteiger partial charge in [0.2, 0.25) is 9.84 Å². The Balaban J connectivity index is 1.39. The number of nitrogens with zero attached hydrogens (tertiary/aromatic N) is 2. The number of nitrogens with one attached hydrogen (secondary N) is 1. The third-order valence-corrected chi connectivity index (χ3v) is 9.44. The fraction of sp³-hybridized carbons (Fsp3) is 0.138. The standard InChI is InChI=1S/C29H25N3O6S3/c33-27(9-2-5-20-31-18-3-1-4-19-31)40-28-25(7-6-8-26(28)39)29(34)30-21-10-14-23(15-11-21)41(37,38)24-16-12-22(13-17-24)32(35)36/h1,3-4,6-8,10-19H,2,5,9,20H2,(H-,30,34,39)/p+1. The Bertz CT molecular complexity index is 1660. The minimum absolute atomic E-state index is 0.0331. The van der Waals surface area contributed by atoms with Crippen molar-refractivity contribution in [3.63, 3.8) is 0 Å². The Kier molecular flexibility index (Phi) is 9.92. The number of aryl methyl sites for hydroxylation is 1. The highest BCUT2D eigenvalue weighted by Gasteiger charge is 2.20. The van der Waals surface area contributed by atoms with E-state index in [1.807, 2.05) is 30.6 Å². The number of hydrogen-bond donors (Lipinski definition) is 2. The molecule has 0 bridgehead atoms. The van der Waals surface area contributed by atoms with Crippen LogP contribution in [-0.2, 0) is 21.2 Å². The number of hydrogen-bond acceptors (Lipinski definition) is 8. The Morgan fingerprint density at radius 1 is 0.878 bits per heavy atom. The Morgan fingerprint density at radius 3 is 2.15 bits per heavy atom. The molecule has 0 unspecified atom stereocenters. The summed E-state index contributed by atoms with van der Waals surface area (Å²) in [6.45, 7) is 0.809. The molecule has 0 aliphatic rings. The summed E-state index contributed by atoms with van der Waals surface area (Å²) in [6.07, 6.45) is 5.85. The third-order valence-electron chi connectivity index (χ3n) is 6.06. The number of carbonyl (C=O) groups excluding carboxylic acids is 2. The highest BCUT2D eigenvalue weighted by molar-refractivity contribution is 8.13. The fourth-order valence-electron chi connectivity index (χ4n) is 3.92. The summed E-state index contributed by atoms with van der Waals surface area (Å²) >= 11 is 5.44. The zero-order valence-corrected chi connectivity index (χ0v) is 24.2. The summed E-state index contributed by atoms with van der Waals surface area (Å²) in [5.41, 5.74) is 0.412. The Morgan fingerprint density at radius 2 is 1.51 bits per heavy atom. The molecule has 1 aromatic heterocycles. The zero-order chi connectivity index (χ0) is 29.4. The number of pyridine rings is 1. The smallest absolute Gasteiger partial charge is 0.269 e. The van der Waals surface area contributed by atoms with Crippen LogP contribution in [0.25, 0.3) is 0 Å². The van der Waals surface area contributed by atoms with Crippen LogP contribution < -0.4 is 9.88 Å². The Hall–Kier alpha value is -4.00. The second-order valence-electron chi connectivity index (χ2n) is 8.93. The van der Waals surface area contributed by atoms with E-state index in [0.29, 0.717) is 28.3 Å². The molecule has 41 heavy (non-hydrogen) atoms. The number of anilines is 1. The van der Waals surface area contributed by atoms with Gasteiger partial charge in [-0.25, -0.2) is 13.0 Å². The van der Waals surface area contributed by atoms with Crippen LogP contribution in [0, 0.1) is 10.1 Å². The van der Waals surface area contributed by atoms with Crippen molar-refractivity contribution >= 4 is 56.6 Å². The van der Waals surface area contributed by atoms with Crippen LogP contribution in [0.3, 0.4) is 0 Å². The summed E-state index contributed by atoms with van der Waals surface area (Å²) in [4.78, 5) is 36.9. The number of sulfone groups is 1. The second kappa shape index (κ2) is 13.6. The summed E-state index contributed by atoms with van der Waals surface area (Å²) in [5.74, 6) is -0.470. The van der Waals surface area contributed by atoms with E-state index in [1.165, 1.54) is 36.4 Å². The number of nitro groups is 1. The first kappa shape index (κ1) is 30.0. The molecule has 0 aliphatic carbocycles. The number of aromatic nitrogens is 1. The Labute approximate surface area is 247 Å². The molecule has 0 atom stereocenters. The minimum atomic E-state index is -3.92. The van der Waals surface area contributed by atoms with Gasteiger partial charge in [0.1, 0.15) is 6.54 Å². The van der Waals surface area contributed by atoms with Gasteiger partial charge in [-0.15, -0.1) is 12.6 Å². The lowest BCUT2D eigenvalue weighted by molar-refractivity contribution is -0.697. The maximum atomic E-state index is 13.1. The van der Waals surface area contributed by atoms with E-state index < -0.39 is 20.7 Å². The minimum Gasteiger partial charge on any atom is -0.322 e. The van der Waals surface area contributed by atoms with Crippen LogP contribution in [0.5, 0.6) is 0 Å². The van der Waals surface area contributed by atoms with Gasteiger partial charge in [0.15, 0.2) is 17.5 Å². The first-order valence-corrected chi connectivity index (χ1v) is 15.3. The molecule has 4 aromatic rings. The number of nitro benzene ring substituents is 1. The van der Waals surface area contributed by atoms with Gasteiger partial charge in [0.25, 0.3) is 11.6 Å². The molecule has 3 aromatic carbocycles. The largest absolute Gasteiger partial charge is 0.322 e. The van der Waals surface area contributed by atoms with E-state index in [2.05, 4.69) is 22.5 Å². The fourth-order valence-corrected chi connectivity index (χ4v) is 6.44. The number of thiol groups is 1. The number of rotatable bonds is 11. The SMILES string of the molecule is O=C(CCCC[n+]1ccccc1)Sc1c(S)cccc1C(=O)Nc1ccc(S(=O)(=O)c2ccc([N+](=O)[O-])cc2)cc1. The third kappa shape index (κ3) is 7.81. The maximum Gasteiger partial charge on any atom is 0.269 e. The predicted octanol–water partition coefficient (Wildman–Crippen LogP) is 5.75. The van der Waals surface area contributed by atoms with E-state index in [0.717, 1.165) is 36.9 Å². The van der Waals surface area contributed by atoms with Gasteiger partial charge in [-0.05, 0) is 66.7 Å². The van der Waals surface area contributed by atoms with Gasteiger partial charge in [-0.1, -0.05) is 12.1 Å². The summed E-state index contributed by atoms with van der Waals surface area (Å²) in [5, 5.41) is 13.5. The average molecular weight is 609 g/mol. The van der Waals surface area contributed by atoms with Crippen LogP contribution >= 0.6 is 24.4 Å². The van der Waals surface area contributed by atoms with Crippen molar-refractivity contribution in [2.75, 3.05) is 5.32 Å². The van der Waals surface area contributed by atoms with Crippen molar-refractivity contribution in [3.05, 3.63) is 113 Å². The van der Waals surface area contributed by atoms with Crippen molar-refractivity contribution in [1.82, 2.24) is 0 Å². The van der Waals surface area contributed by atoms with Crippen molar-refractivity contribution in [2.45, 2.75) is 45.4 Å². The van der Waals surface area contributed by atoms with Crippen LogP contribution in [-0.4, -0.2) is 24.4 Å². The van der Waals surface area contributed by atoms with E-state index in [4.69, 9.17) is 0 Å². The van der Waals surface area contributed by atoms with Crippen LogP contribution in [0.2, 0.25) is 0 Å². The van der Waals surface area contributed by atoms with E-state index in [1.54, 1.807) is 18.2 Å². The molecule has 9 nitrogen and oxygen atoms in total. The number of benzene rings is 3. The van der Waals surface area contributed by atoms with Gasteiger partial charge in [0, 0.05) is 52.6 Å². The normalized spacial score (nSPS) is 11.1. The lowest BCUT2D eigenvalue weighted by Crippen LogP contribution is -2.32. The van der Waals surface area contributed by atoms with E-state index in [-0.39, 0.29) is 26.2 Å². The number of non-ortho nitro benzene ring substituents is 1. The van der Waals surface area contributed by atoms with Crippen LogP contribution in [0.4, 0.5) is 11.4 Å². The van der Waals surface area contributed by atoms with E-state index in [9.17, 15) is 28.1 Å². The molecular weight excluding hydrogens is 583 g/mol. The molecule has 0 saturated carbocycles. The lowest BCUT2D eigenvalue weighted by Gasteiger charge is -2.12. The summed E-state index contributed by atoms with van der Waals surface area (Å²) in [7, 11) is -3.92. The van der Waals surface area contributed by atoms with Gasteiger partial charge in [-0.3, -0.25) is 19.7 Å². The van der Waals surface area contributed by atoms with Gasteiger partial charge in [-0.2, -0.15) is 0 Å². The highest BCUT2D eigenvalue weighted by atomic mass is 32.2. The number of thioether (sulfide) groups is 1. The molecule has 0 radical (unpaired) electrons. The van der Waals surface area contributed by atoms with Crippen molar-refractivity contribution < 1.29 is 27.5 Å². The van der Waals surface area contributed by atoms with Gasteiger partial charge >= 0.3 is 0 Å². The van der Waals surface area contributed by atoms with E-state index >= 15 is 0 Å². The molecule has 0 aliphatic heterocycles. The van der Waals surface area contributed by atoms with Gasteiger partial charge in [0.05, 0.1) is 20.3 Å². The highest BCUT2D eigenvalue weighted by Crippen LogP contribution is 2.32. The topological polar surface area (TPSA) is 127 Å². The number of amides is 1. The van der Waals surface area contributed by atoms with Crippen LogP contribution in [0.1, 0.15) is 29.6 Å². The van der Waals surface area contributed by atoms with Gasteiger partial charge < -0.3 is 5.32 Å². The molecule has 0 saturated heterocycles. The first-order valence-electron chi connectivity index (χ1n) is 12.5. The molecular formula is C29H26N3O6S3+. The molecule has 4 rings (SSSR count). The molecule has 0 fully saturated rings. The predicted molar refractivity (Wildman–Crippen MR) is 158 cm³/mol. The summed E-state index contributed by atoms with van der Waals surface area (Å²) in [6, 6.07) is 21.0. The molecule has 1 heterocycles. The van der Waals surface area contributed by atoms with Crippen molar-refractivity contribution in [2.24, 2.45) is 0 Å². The molecule has 1 N–H and O–H groups in total. The molecule has 0 spiro atoms. The maximum absolute atomic E-state index is 13.1. The second-order valence-corrected chi connectivity index (χ2v) is 12.4. The summed E-state index contributed by atoms with van der Waals surface area (Å²) < 4.78 is 27.9. The zero-order valence-electron chi connectivity index (χ0n) is 21.7. The number of carbonyl (C=O) groups is 2. The quantitative estimate of drug-likeness (QED) is 0.0555.